The summed E-state index contributed by atoms with van der Waals surface area (Å²) in [6, 6.07) is -0.420. The maximum absolute atomic E-state index is 11.1. The van der Waals surface area contributed by atoms with Gasteiger partial charge in [0.15, 0.2) is 0 Å². The zero-order chi connectivity index (χ0) is 9.40. The number of unbranched alkanes of at least 4 members (excludes halogenated alkanes) is 1. The molecule has 0 aliphatic carbocycles. The molecular weight excluding hydrogens is 156 g/mol. The van der Waals surface area contributed by atoms with Crippen LogP contribution >= 0.6 is 0 Å². The van der Waals surface area contributed by atoms with Crippen LogP contribution in [-0.4, -0.2) is 30.2 Å². The molecule has 1 unspecified atom stereocenters. The average molecular weight is 174 g/mol. The van der Waals surface area contributed by atoms with Gasteiger partial charge in [0.1, 0.15) is 0 Å². The van der Waals surface area contributed by atoms with Gasteiger partial charge in [0.05, 0.1) is 12.6 Å². The number of carbonyl (C=O) groups is 1. The average Bonchev–Trinajstić information content (AvgIpc) is 2.10. The van der Waals surface area contributed by atoms with Crippen LogP contribution in [0.2, 0.25) is 0 Å². The number of hydrogen-bond donors (Lipinski definition) is 3. The fourth-order valence-corrected chi connectivity index (χ4v) is 0.865. The van der Waals surface area contributed by atoms with E-state index in [0.717, 1.165) is 12.8 Å². The fraction of sp³-hybridized carbons (Fsp3) is 0.875. The van der Waals surface area contributed by atoms with Crippen LogP contribution in [0.4, 0.5) is 0 Å². The molecule has 12 heavy (non-hydrogen) atoms. The topological polar surface area (TPSA) is 75.4 Å². The van der Waals surface area contributed by atoms with Crippen molar-refractivity contribution in [3.63, 3.8) is 0 Å². The summed E-state index contributed by atoms with van der Waals surface area (Å²) in [6.07, 6.45) is 2.72. The minimum atomic E-state index is -0.420. The van der Waals surface area contributed by atoms with Gasteiger partial charge in [-0.2, -0.15) is 0 Å². The first kappa shape index (κ1) is 11.4. The molecule has 4 nitrogen and oxygen atoms in total. The Hall–Kier alpha value is -0.610. The van der Waals surface area contributed by atoms with Crippen LogP contribution < -0.4 is 11.1 Å². The fourth-order valence-electron chi connectivity index (χ4n) is 0.865. The Morgan fingerprint density at radius 3 is 2.83 bits per heavy atom. The third-order valence-corrected chi connectivity index (χ3v) is 1.62. The van der Waals surface area contributed by atoms with E-state index in [4.69, 9.17) is 10.8 Å². The van der Waals surface area contributed by atoms with Crippen LogP contribution in [0.1, 0.15) is 26.2 Å². The number of amides is 1. The summed E-state index contributed by atoms with van der Waals surface area (Å²) >= 11 is 0. The van der Waals surface area contributed by atoms with Gasteiger partial charge in [0.25, 0.3) is 0 Å². The van der Waals surface area contributed by atoms with Crippen LogP contribution in [0.5, 0.6) is 0 Å². The van der Waals surface area contributed by atoms with Crippen molar-refractivity contribution >= 4 is 5.91 Å². The monoisotopic (exact) mass is 174 g/mol. The Balaban J connectivity index is 3.47. The highest BCUT2D eigenvalue weighted by molar-refractivity contribution is 5.81. The number of nitrogens with two attached hydrogens (primary N) is 1. The van der Waals surface area contributed by atoms with Crippen LogP contribution in [0.3, 0.4) is 0 Å². The van der Waals surface area contributed by atoms with Crippen LogP contribution in [0.25, 0.3) is 0 Å². The third-order valence-electron chi connectivity index (χ3n) is 1.62. The largest absolute Gasteiger partial charge is 0.395 e. The van der Waals surface area contributed by atoms with Crippen molar-refractivity contribution in [1.82, 2.24) is 5.32 Å². The number of rotatable bonds is 6. The van der Waals surface area contributed by atoms with Gasteiger partial charge in [-0.3, -0.25) is 4.79 Å². The zero-order valence-electron chi connectivity index (χ0n) is 7.55. The Kier molecular flexibility index (Phi) is 6.70. The van der Waals surface area contributed by atoms with Gasteiger partial charge < -0.3 is 16.2 Å². The first-order chi connectivity index (χ1) is 5.72. The highest BCUT2D eigenvalue weighted by Gasteiger charge is 2.10. The molecule has 0 aliphatic rings. The zero-order valence-corrected chi connectivity index (χ0v) is 7.55. The maximum Gasteiger partial charge on any atom is 0.236 e. The predicted octanol–water partition coefficient (Wildman–Crippen LogP) is -0.388. The molecule has 1 atom stereocenters. The lowest BCUT2D eigenvalue weighted by atomic mass is 10.1. The lowest BCUT2D eigenvalue weighted by molar-refractivity contribution is -0.122. The quantitative estimate of drug-likeness (QED) is 0.513. The van der Waals surface area contributed by atoms with E-state index in [2.05, 4.69) is 12.2 Å². The highest BCUT2D eigenvalue weighted by Crippen LogP contribution is 1.97. The lowest BCUT2D eigenvalue weighted by Crippen LogP contribution is -2.41. The molecule has 0 aromatic carbocycles. The van der Waals surface area contributed by atoms with Gasteiger partial charge in [-0.15, -0.1) is 0 Å². The summed E-state index contributed by atoms with van der Waals surface area (Å²) < 4.78 is 0. The number of aliphatic hydroxyl groups excluding tert-OH is 1. The second-order valence-corrected chi connectivity index (χ2v) is 2.76. The van der Waals surface area contributed by atoms with Crippen LogP contribution in [0, 0.1) is 0 Å². The normalized spacial score (nSPS) is 12.6. The van der Waals surface area contributed by atoms with Crippen molar-refractivity contribution in [3.05, 3.63) is 0 Å². The minimum absolute atomic E-state index is 0.0355. The second kappa shape index (κ2) is 7.06. The predicted molar refractivity (Wildman–Crippen MR) is 47.6 cm³/mol. The smallest absolute Gasteiger partial charge is 0.236 e. The van der Waals surface area contributed by atoms with Gasteiger partial charge in [0.2, 0.25) is 5.91 Å². The second-order valence-electron chi connectivity index (χ2n) is 2.76. The van der Waals surface area contributed by atoms with E-state index < -0.39 is 6.04 Å². The molecule has 0 aliphatic heterocycles. The molecule has 4 heteroatoms. The van der Waals surface area contributed by atoms with Crippen molar-refractivity contribution in [3.8, 4) is 0 Å². The van der Waals surface area contributed by atoms with E-state index in [9.17, 15) is 4.79 Å². The van der Waals surface area contributed by atoms with E-state index in [1.807, 2.05) is 0 Å². The number of hydrogen-bond acceptors (Lipinski definition) is 3. The summed E-state index contributed by atoms with van der Waals surface area (Å²) in [5.74, 6) is -0.169. The van der Waals surface area contributed by atoms with Crippen LogP contribution in [-0.2, 0) is 4.79 Å². The summed E-state index contributed by atoms with van der Waals surface area (Å²) in [4.78, 5) is 11.1. The first-order valence-corrected chi connectivity index (χ1v) is 4.36. The molecule has 0 bridgehead atoms. The Labute approximate surface area is 73.1 Å². The van der Waals surface area contributed by atoms with Crippen molar-refractivity contribution in [2.45, 2.75) is 32.2 Å². The molecule has 4 N–H and O–H groups in total. The van der Waals surface area contributed by atoms with Crippen molar-refractivity contribution in [2.24, 2.45) is 5.73 Å². The third kappa shape index (κ3) is 5.09. The highest BCUT2D eigenvalue weighted by atomic mass is 16.3. The van der Waals surface area contributed by atoms with Crippen molar-refractivity contribution in [1.29, 1.82) is 0 Å². The van der Waals surface area contributed by atoms with Gasteiger partial charge in [-0.1, -0.05) is 19.8 Å². The summed E-state index contributed by atoms with van der Waals surface area (Å²) in [6.45, 7) is 2.31. The molecule has 1 amide bonds. The number of nitrogens with one attached hydrogen (secondary N) is 1. The Morgan fingerprint density at radius 1 is 1.67 bits per heavy atom. The van der Waals surface area contributed by atoms with Crippen molar-refractivity contribution < 1.29 is 9.90 Å². The molecule has 0 aromatic heterocycles. The molecule has 0 saturated heterocycles. The Morgan fingerprint density at radius 2 is 2.33 bits per heavy atom. The van der Waals surface area contributed by atoms with Crippen LogP contribution in [0.15, 0.2) is 0 Å². The van der Waals surface area contributed by atoms with E-state index in [0.29, 0.717) is 13.0 Å². The van der Waals surface area contributed by atoms with E-state index in [1.165, 1.54) is 0 Å². The van der Waals surface area contributed by atoms with E-state index in [-0.39, 0.29) is 12.5 Å². The molecule has 0 spiro atoms. The minimum Gasteiger partial charge on any atom is -0.395 e. The first-order valence-electron chi connectivity index (χ1n) is 4.36. The number of carbonyl (C=O) groups excluding carboxylic acids is 1. The van der Waals surface area contributed by atoms with Crippen molar-refractivity contribution in [2.75, 3.05) is 13.2 Å². The number of aliphatic hydroxyl groups is 1. The molecular formula is C8H18N2O2. The molecule has 0 aromatic rings. The molecule has 0 radical (unpaired) electrons. The lowest BCUT2D eigenvalue weighted by Gasteiger charge is -2.10. The van der Waals surface area contributed by atoms with Gasteiger partial charge >= 0.3 is 0 Å². The van der Waals surface area contributed by atoms with Gasteiger partial charge in [-0.25, -0.2) is 0 Å². The Bertz CT molecular complexity index is 128. The van der Waals surface area contributed by atoms with Gasteiger partial charge in [0, 0.05) is 6.54 Å². The van der Waals surface area contributed by atoms with Gasteiger partial charge in [-0.05, 0) is 6.42 Å². The standard InChI is InChI=1S/C8H18N2O2/c1-2-3-4-7(9)8(12)10-5-6-11/h7,11H,2-6,9H2,1H3,(H,10,12). The summed E-state index contributed by atoms with van der Waals surface area (Å²) in [5.41, 5.74) is 5.55. The molecule has 72 valence electrons. The molecule has 0 rings (SSSR count). The maximum atomic E-state index is 11.1. The summed E-state index contributed by atoms with van der Waals surface area (Å²) in [7, 11) is 0. The van der Waals surface area contributed by atoms with E-state index >= 15 is 0 Å². The molecule has 0 heterocycles. The molecule has 0 fully saturated rings. The van der Waals surface area contributed by atoms with E-state index in [1.54, 1.807) is 0 Å². The molecule has 0 saturated carbocycles. The summed E-state index contributed by atoms with van der Waals surface area (Å²) in [5, 5.41) is 10.9. The SMILES string of the molecule is CCCCC(N)C(=O)NCCO.